The minimum Gasteiger partial charge on any atom is -0.363 e. The highest BCUT2D eigenvalue weighted by Crippen LogP contribution is 2.16. The van der Waals surface area contributed by atoms with Crippen molar-refractivity contribution in [3.63, 3.8) is 0 Å². The largest absolute Gasteiger partial charge is 0.363 e. The lowest BCUT2D eigenvalue weighted by Gasteiger charge is -2.22. The average molecular weight is 242 g/mol. The Morgan fingerprint density at radius 2 is 1.75 bits per heavy atom. The number of unbranched alkanes of at least 4 members (excludes halogenated alkanes) is 1. The van der Waals surface area contributed by atoms with E-state index in [1.54, 1.807) is 0 Å². The van der Waals surface area contributed by atoms with Gasteiger partial charge in [0.05, 0.1) is 0 Å². The number of hydrogen-bond donors (Lipinski definition) is 2. The third-order valence-corrected chi connectivity index (χ3v) is 3.52. The predicted molar refractivity (Wildman–Crippen MR) is 74.8 cm³/mol. The van der Waals surface area contributed by atoms with Crippen LogP contribution in [0.1, 0.15) is 64.7 Å². The van der Waals surface area contributed by atoms with Crippen LogP contribution in [0.2, 0.25) is 0 Å². The van der Waals surface area contributed by atoms with Gasteiger partial charge in [0.1, 0.15) is 0 Å². The summed E-state index contributed by atoms with van der Waals surface area (Å²) >= 11 is 5.30. The van der Waals surface area contributed by atoms with Crippen LogP contribution in [0.25, 0.3) is 0 Å². The molecule has 1 aliphatic carbocycles. The highest BCUT2D eigenvalue weighted by molar-refractivity contribution is 7.80. The fraction of sp³-hybridized carbons (Fsp3) is 0.923. The van der Waals surface area contributed by atoms with Crippen LogP contribution in [-0.4, -0.2) is 17.7 Å². The van der Waals surface area contributed by atoms with Gasteiger partial charge >= 0.3 is 0 Å². The summed E-state index contributed by atoms with van der Waals surface area (Å²) in [5.74, 6) is 0. The Labute approximate surface area is 106 Å². The Balaban J connectivity index is 2.14. The SMILES string of the molecule is CCCCNC(=S)NC1CCCCCCC1. The molecule has 0 saturated heterocycles. The monoisotopic (exact) mass is 242 g/mol. The van der Waals surface area contributed by atoms with Crippen LogP contribution in [0.4, 0.5) is 0 Å². The first-order valence-electron chi connectivity index (χ1n) is 6.87. The molecule has 0 aromatic carbocycles. The van der Waals surface area contributed by atoms with Crippen molar-refractivity contribution in [1.82, 2.24) is 10.6 Å². The van der Waals surface area contributed by atoms with Crippen molar-refractivity contribution in [2.24, 2.45) is 0 Å². The van der Waals surface area contributed by atoms with E-state index in [1.807, 2.05) is 0 Å². The topological polar surface area (TPSA) is 24.1 Å². The number of thiocarbonyl (C=S) groups is 1. The van der Waals surface area contributed by atoms with Gasteiger partial charge in [0, 0.05) is 12.6 Å². The van der Waals surface area contributed by atoms with E-state index in [4.69, 9.17) is 12.2 Å². The van der Waals surface area contributed by atoms with E-state index < -0.39 is 0 Å². The van der Waals surface area contributed by atoms with E-state index in [0.717, 1.165) is 11.7 Å². The Bertz CT molecular complexity index is 186. The summed E-state index contributed by atoms with van der Waals surface area (Å²) < 4.78 is 0. The molecule has 1 aliphatic rings. The molecule has 0 bridgehead atoms. The standard InChI is InChI=1S/C13H26N2S/c1-2-3-11-14-13(16)15-12-9-7-5-4-6-8-10-12/h12H,2-11H2,1H3,(H2,14,15,16). The Morgan fingerprint density at radius 3 is 2.38 bits per heavy atom. The number of rotatable bonds is 4. The van der Waals surface area contributed by atoms with Crippen molar-refractivity contribution in [2.75, 3.05) is 6.54 Å². The molecular formula is C13H26N2S. The second kappa shape index (κ2) is 8.80. The fourth-order valence-electron chi connectivity index (χ4n) is 2.22. The van der Waals surface area contributed by atoms with Gasteiger partial charge in [-0.05, 0) is 31.5 Å². The van der Waals surface area contributed by atoms with E-state index in [2.05, 4.69) is 17.6 Å². The summed E-state index contributed by atoms with van der Waals surface area (Å²) in [6.07, 6.45) is 11.9. The summed E-state index contributed by atoms with van der Waals surface area (Å²) in [7, 11) is 0. The van der Waals surface area contributed by atoms with Crippen molar-refractivity contribution >= 4 is 17.3 Å². The summed E-state index contributed by atoms with van der Waals surface area (Å²) in [6, 6.07) is 0.613. The third kappa shape index (κ3) is 6.31. The van der Waals surface area contributed by atoms with Crippen LogP contribution >= 0.6 is 12.2 Å². The Morgan fingerprint density at radius 1 is 1.12 bits per heavy atom. The molecular weight excluding hydrogens is 216 g/mol. The molecule has 0 aliphatic heterocycles. The van der Waals surface area contributed by atoms with E-state index in [0.29, 0.717) is 6.04 Å². The van der Waals surface area contributed by atoms with Crippen molar-refractivity contribution in [2.45, 2.75) is 70.8 Å². The lowest BCUT2D eigenvalue weighted by Crippen LogP contribution is -2.42. The van der Waals surface area contributed by atoms with Gasteiger partial charge in [0.2, 0.25) is 0 Å². The molecule has 2 N–H and O–H groups in total. The maximum absolute atomic E-state index is 5.30. The summed E-state index contributed by atoms with van der Waals surface area (Å²) in [5, 5.41) is 7.61. The van der Waals surface area contributed by atoms with Crippen molar-refractivity contribution in [3.05, 3.63) is 0 Å². The zero-order chi connectivity index (χ0) is 11.6. The maximum Gasteiger partial charge on any atom is 0.166 e. The normalized spacial score (nSPS) is 18.6. The average Bonchev–Trinajstić information content (AvgIpc) is 2.22. The van der Waals surface area contributed by atoms with E-state index in [-0.39, 0.29) is 0 Å². The molecule has 0 radical (unpaired) electrons. The lowest BCUT2D eigenvalue weighted by molar-refractivity contribution is 0.427. The van der Waals surface area contributed by atoms with Gasteiger partial charge in [0.25, 0.3) is 0 Å². The molecule has 1 saturated carbocycles. The van der Waals surface area contributed by atoms with Gasteiger partial charge in [-0.15, -0.1) is 0 Å². The van der Waals surface area contributed by atoms with Crippen LogP contribution in [0, 0.1) is 0 Å². The molecule has 0 spiro atoms. The minimum absolute atomic E-state index is 0.613. The highest BCUT2D eigenvalue weighted by Gasteiger charge is 2.11. The minimum atomic E-state index is 0.613. The van der Waals surface area contributed by atoms with Crippen LogP contribution in [0.5, 0.6) is 0 Å². The maximum atomic E-state index is 5.30. The molecule has 1 rings (SSSR count). The molecule has 94 valence electrons. The van der Waals surface area contributed by atoms with Crippen LogP contribution in [0.3, 0.4) is 0 Å². The van der Waals surface area contributed by atoms with E-state index in [1.165, 1.54) is 57.8 Å². The van der Waals surface area contributed by atoms with Crippen molar-refractivity contribution in [3.8, 4) is 0 Å². The van der Waals surface area contributed by atoms with Crippen molar-refractivity contribution in [1.29, 1.82) is 0 Å². The molecule has 0 aromatic rings. The number of hydrogen-bond acceptors (Lipinski definition) is 1. The fourth-order valence-corrected chi connectivity index (χ4v) is 2.48. The molecule has 3 heteroatoms. The first-order chi connectivity index (χ1) is 7.83. The summed E-state index contributed by atoms with van der Waals surface area (Å²) in [6.45, 7) is 3.21. The molecule has 0 amide bonds. The molecule has 0 aromatic heterocycles. The van der Waals surface area contributed by atoms with Gasteiger partial charge in [-0.2, -0.15) is 0 Å². The quantitative estimate of drug-likeness (QED) is 0.584. The molecule has 0 heterocycles. The smallest absolute Gasteiger partial charge is 0.166 e. The van der Waals surface area contributed by atoms with Gasteiger partial charge in [-0.25, -0.2) is 0 Å². The van der Waals surface area contributed by atoms with Crippen molar-refractivity contribution < 1.29 is 0 Å². The van der Waals surface area contributed by atoms with Gasteiger partial charge < -0.3 is 10.6 Å². The van der Waals surface area contributed by atoms with E-state index >= 15 is 0 Å². The molecule has 0 unspecified atom stereocenters. The van der Waals surface area contributed by atoms with Gasteiger partial charge in [-0.3, -0.25) is 0 Å². The van der Waals surface area contributed by atoms with E-state index in [9.17, 15) is 0 Å². The van der Waals surface area contributed by atoms with Crippen LogP contribution in [-0.2, 0) is 0 Å². The first-order valence-corrected chi connectivity index (χ1v) is 7.28. The van der Waals surface area contributed by atoms with Gasteiger partial charge in [-0.1, -0.05) is 45.4 Å². The zero-order valence-corrected chi connectivity index (χ0v) is 11.4. The highest BCUT2D eigenvalue weighted by atomic mass is 32.1. The predicted octanol–water partition coefficient (Wildman–Crippen LogP) is 3.36. The van der Waals surface area contributed by atoms with Crippen LogP contribution < -0.4 is 10.6 Å². The molecule has 0 atom stereocenters. The first kappa shape index (κ1) is 13.8. The second-order valence-corrected chi connectivity index (χ2v) is 5.20. The summed E-state index contributed by atoms with van der Waals surface area (Å²) in [5.41, 5.74) is 0. The third-order valence-electron chi connectivity index (χ3n) is 3.26. The van der Waals surface area contributed by atoms with Crippen LogP contribution in [0.15, 0.2) is 0 Å². The van der Waals surface area contributed by atoms with Gasteiger partial charge in [0.15, 0.2) is 5.11 Å². The number of nitrogens with one attached hydrogen (secondary N) is 2. The molecule has 16 heavy (non-hydrogen) atoms. The Hall–Kier alpha value is -0.310. The summed E-state index contributed by atoms with van der Waals surface area (Å²) in [4.78, 5) is 0. The zero-order valence-electron chi connectivity index (χ0n) is 10.6. The molecule has 2 nitrogen and oxygen atoms in total. The second-order valence-electron chi connectivity index (χ2n) is 4.80. The lowest BCUT2D eigenvalue weighted by atomic mass is 9.97. The Kier molecular flexibility index (Phi) is 7.56. The molecule has 1 fully saturated rings.